The smallest absolute Gasteiger partial charge is 0.251 e. The van der Waals surface area contributed by atoms with E-state index in [2.05, 4.69) is 16.4 Å². The number of carbonyl (C=O) groups is 3. The largest absolute Gasteiger partial charge is 0.351 e. The highest BCUT2D eigenvalue weighted by Gasteiger charge is 2.51. The first-order chi connectivity index (χ1) is 21.6. The number of fused-ring (bicyclic) bond motifs is 1. The van der Waals surface area contributed by atoms with Crippen LogP contribution in [0.4, 0.5) is 24.5 Å². The van der Waals surface area contributed by atoms with Crippen molar-refractivity contribution in [3.63, 3.8) is 0 Å². The van der Waals surface area contributed by atoms with E-state index in [4.69, 9.17) is 0 Å². The maximum atomic E-state index is 13.8. The Bertz CT molecular complexity index is 1490. The predicted octanol–water partition coefficient (Wildman–Crippen LogP) is 6.87. The van der Waals surface area contributed by atoms with Crippen LogP contribution in [0.3, 0.4) is 0 Å². The lowest BCUT2D eigenvalue weighted by atomic mass is 9.86. The quantitative estimate of drug-likeness (QED) is 0.305. The van der Waals surface area contributed by atoms with E-state index in [1.54, 1.807) is 12.1 Å². The molecule has 1 aliphatic heterocycles. The zero-order chi connectivity index (χ0) is 32.6. The number of hydrogen-bond donors (Lipinski definition) is 1. The molecule has 0 bridgehead atoms. The van der Waals surface area contributed by atoms with Crippen molar-refractivity contribution in [3.8, 4) is 0 Å². The molecule has 2 fully saturated rings. The van der Waals surface area contributed by atoms with Crippen LogP contribution in [0.2, 0.25) is 0 Å². The third-order valence-electron chi connectivity index (χ3n) is 8.52. The minimum Gasteiger partial charge on any atom is -0.351 e. The Labute approximate surface area is 262 Å². The van der Waals surface area contributed by atoms with Crippen LogP contribution in [0.5, 0.6) is 0 Å². The number of pyridine rings is 1. The number of alkyl halides is 2. The average molecular weight is 623 g/mol. The van der Waals surface area contributed by atoms with Crippen molar-refractivity contribution in [1.29, 1.82) is 0 Å². The zero-order valence-electron chi connectivity index (χ0n) is 26.1. The SMILES string of the molecule is CC.Cc1cccc(N2CCCC2=O)c1.O=CN(c1cncc(F)c1)C1(C(=O)NC2CCC(F)(F)CC2)CCc2ccccc21. The summed E-state index contributed by atoms with van der Waals surface area (Å²) in [5.41, 5.74) is 2.58. The van der Waals surface area contributed by atoms with Gasteiger partial charge in [-0.25, -0.2) is 13.2 Å². The van der Waals surface area contributed by atoms with Crippen LogP contribution in [0.15, 0.2) is 67.0 Å². The van der Waals surface area contributed by atoms with Gasteiger partial charge in [-0.15, -0.1) is 0 Å². The molecule has 1 atom stereocenters. The number of carbonyl (C=O) groups excluding carboxylic acids is 3. The number of amides is 3. The molecule has 3 amide bonds. The van der Waals surface area contributed by atoms with Gasteiger partial charge in [0, 0.05) is 43.6 Å². The molecule has 6 rings (SSSR count). The Hall–Kier alpha value is -4.21. The van der Waals surface area contributed by atoms with Gasteiger partial charge in [0.15, 0.2) is 5.54 Å². The molecule has 7 nitrogen and oxygen atoms in total. The monoisotopic (exact) mass is 622 g/mol. The van der Waals surface area contributed by atoms with Crippen molar-refractivity contribution in [2.75, 3.05) is 16.3 Å². The summed E-state index contributed by atoms with van der Waals surface area (Å²) >= 11 is 0. The van der Waals surface area contributed by atoms with Crippen LogP contribution in [0.25, 0.3) is 0 Å². The molecule has 0 spiro atoms. The highest BCUT2D eigenvalue weighted by molar-refractivity contribution is 5.98. The summed E-state index contributed by atoms with van der Waals surface area (Å²) in [6.45, 7) is 6.92. The molecule has 2 aromatic carbocycles. The molecule has 3 aromatic rings. The molecule has 0 radical (unpaired) electrons. The Morgan fingerprint density at radius 1 is 1.02 bits per heavy atom. The number of anilines is 2. The predicted molar refractivity (Wildman–Crippen MR) is 169 cm³/mol. The van der Waals surface area contributed by atoms with E-state index in [0.717, 1.165) is 36.5 Å². The Balaban J connectivity index is 0.000000255. The van der Waals surface area contributed by atoms with Gasteiger partial charge in [-0.1, -0.05) is 50.2 Å². The van der Waals surface area contributed by atoms with E-state index in [-0.39, 0.29) is 37.3 Å². The van der Waals surface area contributed by atoms with Crippen LogP contribution in [-0.2, 0) is 26.3 Å². The number of nitrogens with one attached hydrogen (secondary N) is 1. The highest BCUT2D eigenvalue weighted by atomic mass is 19.3. The van der Waals surface area contributed by atoms with E-state index in [1.807, 2.05) is 56.0 Å². The van der Waals surface area contributed by atoms with Gasteiger partial charge in [0.1, 0.15) is 5.82 Å². The Morgan fingerprint density at radius 3 is 2.40 bits per heavy atom. The van der Waals surface area contributed by atoms with Gasteiger partial charge in [0.25, 0.3) is 5.91 Å². The average Bonchev–Trinajstić information content (AvgIpc) is 3.64. The van der Waals surface area contributed by atoms with Crippen molar-refractivity contribution < 1.29 is 27.6 Å². The van der Waals surface area contributed by atoms with Gasteiger partial charge < -0.3 is 10.2 Å². The van der Waals surface area contributed by atoms with E-state index in [0.29, 0.717) is 31.2 Å². The molecular weight excluding hydrogens is 581 g/mol. The highest BCUT2D eigenvalue weighted by Crippen LogP contribution is 2.44. The van der Waals surface area contributed by atoms with Crippen LogP contribution in [-0.4, -0.2) is 41.7 Å². The second-order valence-corrected chi connectivity index (χ2v) is 11.4. The van der Waals surface area contributed by atoms with Crippen LogP contribution >= 0.6 is 0 Å². The summed E-state index contributed by atoms with van der Waals surface area (Å²) in [5, 5.41) is 2.89. The molecule has 1 saturated carbocycles. The minimum atomic E-state index is -2.71. The summed E-state index contributed by atoms with van der Waals surface area (Å²) in [5.74, 6) is -3.53. The third-order valence-corrected chi connectivity index (χ3v) is 8.52. The number of halogens is 3. The van der Waals surface area contributed by atoms with Crippen LogP contribution < -0.4 is 15.1 Å². The van der Waals surface area contributed by atoms with Crippen molar-refractivity contribution in [3.05, 3.63) is 89.5 Å². The van der Waals surface area contributed by atoms with Crippen molar-refractivity contribution >= 4 is 29.6 Å². The lowest BCUT2D eigenvalue weighted by molar-refractivity contribution is -0.130. The van der Waals surface area contributed by atoms with Gasteiger partial charge in [0.2, 0.25) is 18.2 Å². The van der Waals surface area contributed by atoms with E-state index in [1.165, 1.54) is 16.7 Å². The molecule has 3 aliphatic rings. The van der Waals surface area contributed by atoms with E-state index >= 15 is 0 Å². The lowest BCUT2D eigenvalue weighted by Crippen LogP contribution is -2.57. The van der Waals surface area contributed by atoms with Gasteiger partial charge in [-0.2, -0.15) is 0 Å². The second-order valence-electron chi connectivity index (χ2n) is 11.4. The molecule has 10 heteroatoms. The Morgan fingerprint density at radius 2 is 1.76 bits per heavy atom. The molecule has 1 N–H and O–H groups in total. The fraction of sp³-hybridized carbons (Fsp3) is 0.429. The van der Waals surface area contributed by atoms with Crippen molar-refractivity contribution in [2.24, 2.45) is 0 Å². The van der Waals surface area contributed by atoms with Crippen molar-refractivity contribution in [2.45, 2.75) is 89.6 Å². The maximum Gasteiger partial charge on any atom is 0.251 e. The fourth-order valence-corrected chi connectivity index (χ4v) is 6.30. The first kappa shape index (κ1) is 33.7. The number of nitrogens with zero attached hydrogens (tertiary/aromatic N) is 3. The number of benzene rings is 2. The first-order valence-corrected chi connectivity index (χ1v) is 15.6. The van der Waals surface area contributed by atoms with Crippen LogP contribution in [0.1, 0.15) is 75.5 Å². The van der Waals surface area contributed by atoms with E-state index in [9.17, 15) is 27.6 Å². The summed E-state index contributed by atoms with van der Waals surface area (Å²) < 4.78 is 40.9. The molecule has 1 aromatic heterocycles. The third kappa shape index (κ3) is 7.54. The topological polar surface area (TPSA) is 82.6 Å². The summed E-state index contributed by atoms with van der Waals surface area (Å²) in [4.78, 5) is 44.1. The summed E-state index contributed by atoms with van der Waals surface area (Å²) in [6.07, 6.45) is 5.17. The molecule has 45 heavy (non-hydrogen) atoms. The molecule has 2 aliphatic carbocycles. The molecule has 1 unspecified atom stereocenters. The number of aryl methyl sites for hydroxylation is 2. The van der Waals surface area contributed by atoms with Gasteiger partial charge in [0.05, 0.1) is 18.1 Å². The minimum absolute atomic E-state index is 0.159. The zero-order valence-corrected chi connectivity index (χ0v) is 26.1. The lowest BCUT2D eigenvalue weighted by Gasteiger charge is -2.40. The van der Waals surface area contributed by atoms with Gasteiger partial charge >= 0.3 is 0 Å². The first-order valence-electron chi connectivity index (χ1n) is 15.6. The fourth-order valence-electron chi connectivity index (χ4n) is 6.30. The second kappa shape index (κ2) is 14.7. The number of aromatic nitrogens is 1. The molecule has 240 valence electrons. The van der Waals surface area contributed by atoms with Gasteiger partial charge in [-0.05, 0) is 67.9 Å². The normalized spacial score (nSPS) is 20.2. The van der Waals surface area contributed by atoms with Gasteiger partial charge in [-0.3, -0.25) is 24.3 Å². The molecule has 2 heterocycles. The summed E-state index contributed by atoms with van der Waals surface area (Å²) in [6, 6.07) is 16.1. The standard InChI is InChI=1S/C22H22F3N3O2.C11H13NO.C2H6/c23-16-11-18(13-26-12-16)28(14-29)22(10-5-15-3-1-2-4-19(15)22)20(30)27-17-6-8-21(24,25)9-7-17;1-9-4-2-5-10(8-9)12-7-3-6-11(12)13;1-2/h1-4,11-14,17H,5-10H2,(H,27,30);2,4-5,8H,3,6-7H2,1H3;1-2H3. The summed E-state index contributed by atoms with van der Waals surface area (Å²) in [7, 11) is 0. The Kier molecular flexibility index (Phi) is 11.0. The maximum absolute atomic E-state index is 13.8. The number of rotatable bonds is 6. The van der Waals surface area contributed by atoms with Crippen molar-refractivity contribution in [1.82, 2.24) is 10.3 Å². The van der Waals surface area contributed by atoms with Crippen LogP contribution in [0, 0.1) is 12.7 Å². The molecular formula is C35H41F3N4O3. The number of hydrogen-bond acceptors (Lipinski definition) is 4. The molecule has 1 saturated heterocycles. The van der Waals surface area contributed by atoms with E-state index < -0.39 is 29.2 Å².